The lowest BCUT2D eigenvalue weighted by molar-refractivity contribution is 0.406. The summed E-state index contributed by atoms with van der Waals surface area (Å²) in [6.45, 7) is 5.75. The normalized spacial score (nSPS) is 11.8. The maximum atomic E-state index is 5.97. The Bertz CT molecular complexity index is 552. The van der Waals surface area contributed by atoms with E-state index in [4.69, 9.17) is 17.3 Å². The summed E-state index contributed by atoms with van der Waals surface area (Å²) >= 11 is 5.97. The second kappa shape index (κ2) is 5.12. The molecule has 0 unspecified atom stereocenters. The van der Waals surface area contributed by atoms with Gasteiger partial charge in [0.1, 0.15) is 0 Å². The highest BCUT2D eigenvalue weighted by molar-refractivity contribution is 6.31. The van der Waals surface area contributed by atoms with E-state index >= 15 is 0 Å². The summed E-state index contributed by atoms with van der Waals surface area (Å²) in [7, 11) is 0. The van der Waals surface area contributed by atoms with Gasteiger partial charge in [-0.15, -0.1) is 0 Å². The summed E-state index contributed by atoms with van der Waals surface area (Å²) in [5.41, 5.74) is 7.77. The van der Waals surface area contributed by atoms with E-state index in [0.29, 0.717) is 11.6 Å². The first kappa shape index (κ1) is 13.1. The van der Waals surface area contributed by atoms with Gasteiger partial charge in [0.05, 0.1) is 5.52 Å². The van der Waals surface area contributed by atoms with E-state index in [1.165, 1.54) is 0 Å². The molecule has 0 aliphatic rings. The van der Waals surface area contributed by atoms with Crippen molar-refractivity contribution < 1.29 is 0 Å². The van der Waals surface area contributed by atoms with E-state index in [2.05, 4.69) is 24.1 Å². The maximum absolute atomic E-state index is 5.97. The highest BCUT2D eigenvalue weighted by Crippen LogP contribution is 2.25. The summed E-state index contributed by atoms with van der Waals surface area (Å²) in [5, 5.41) is 5.22. The number of nitrogens with zero attached hydrogens (tertiary/aromatic N) is 1. The molecule has 96 valence electrons. The number of halogens is 1. The Hall–Kier alpha value is -1.32. The molecule has 0 saturated heterocycles. The van der Waals surface area contributed by atoms with E-state index < -0.39 is 0 Å². The average molecular weight is 264 g/mol. The molecule has 0 bridgehead atoms. The number of hydrogen-bond acceptors (Lipinski definition) is 3. The fourth-order valence-electron chi connectivity index (χ4n) is 1.68. The second-order valence-electron chi connectivity index (χ2n) is 5.24. The van der Waals surface area contributed by atoms with Crippen molar-refractivity contribution >= 4 is 28.2 Å². The molecule has 1 aromatic heterocycles. The molecule has 0 radical (unpaired) electrons. The smallest absolute Gasteiger partial charge is 0.0737 e. The monoisotopic (exact) mass is 263 g/mol. The first-order valence-corrected chi connectivity index (χ1v) is 6.38. The largest absolute Gasteiger partial charge is 0.384 e. The lowest BCUT2D eigenvalue weighted by Crippen LogP contribution is -2.31. The van der Waals surface area contributed by atoms with Gasteiger partial charge in [-0.2, -0.15) is 0 Å². The zero-order valence-electron chi connectivity index (χ0n) is 10.7. The van der Waals surface area contributed by atoms with Crippen LogP contribution < -0.4 is 11.1 Å². The Kier molecular flexibility index (Phi) is 3.73. The van der Waals surface area contributed by atoms with Crippen LogP contribution in [-0.2, 0) is 0 Å². The highest BCUT2D eigenvalue weighted by atomic mass is 35.5. The number of pyridine rings is 1. The van der Waals surface area contributed by atoms with E-state index in [9.17, 15) is 0 Å². The molecule has 0 spiro atoms. The lowest BCUT2D eigenvalue weighted by atomic mass is 9.94. The van der Waals surface area contributed by atoms with Gasteiger partial charge in [0.2, 0.25) is 0 Å². The minimum atomic E-state index is 0.0714. The first-order valence-electron chi connectivity index (χ1n) is 6.00. The van der Waals surface area contributed by atoms with Gasteiger partial charge in [-0.25, -0.2) is 0 Å². The van der Waals surface area contributed by atoms with Crippen LogP contribution in [-0.4, -0.2) is 18.1 Å². The molecule has 0 aliphatic carbocycles. The first-order chi connectivity index (χ1) is 8.52. The molecule has 0 atom stereocenters. The topological polar surface area (TPSA) is 50.9 Å². The molecule has 0 fully saturated rings. The maximum Gasteiger partial charge on any atom is 0.0737 e. The Labute approximate surface area is 112 Å². The second-order valence-corrected chi connectivity index (χ2v) is 5.68. The summed E-state index contributed by atoms with van der Waals surface area (Å²) in [6.07, 6.45) is 1.79. The summed E-state index contributed by atoms with van der Waals surface area (Å²) < 4.78 is 0. The lowest BCUT2D eigenvalue weighted by Gasteiger charge is -2.23. The van der Waals surface area contributed by atoms with Crippen molar-refractivity contribution in [3.63, 3.8) is 0 Å². The predicted octanol–water partition coefficient (Wildman–Crippen LogP) is 3.29. The molecule has 0 aliphatic heterocycles. The molecule has 18 heavy (non-hydrogen) atoms. The third-order valence-electron chi connectivity index (χ3n) is 3.01. The van der Waals surface area contributed by atoms with Gasteiger partial charge < -0.3 is 11.1 Å². The number of fused-ring (bicyclic) bond motifs is 1. The van der Waals surface area contributed by atoms with Crippen molar-refractivity contribution in [3.05, 3.63) is 35.5 Å². The SMILES string of the molecule is CC(C)(CN)CNc1ccnc2cc(Cl)ccc12. The van der Waals surface area contributed by atoms with Crippen molar-refractivity contribution in [1.82, 2.24) is 4.98 Å². The average Bonchev–Trinajstić information content (AvgIpc) is 2.36. The number of anilines is 1. The Balaban J connectivity index is 2.29. The highest BCUT2D eigenvalue weighted by Gasteiger charge is 2.15. The van der Waals surface area contributed by atoms with Gasteiger partial charge in [-0.3, -0.25) is 4.98 Å². The van der Waals surface area contributed by atoms with Crippen LogP contribution in [0.2, 0.25) is 5.02 Å². The van der Waals surface area contributed by atoms with Crippen LogP contribution in [0.15, 0.2) is 30.5 Å². The van der Waals surface area contributed by atoms with Crippen LogP contribution >= 0.6 is 11.6 Å². The van der Waals surface area contributed by atoms with E-state index in [1.54, 1.807) is 6.20 Å². The summed E-state index contributed by atoms with van der Waals surface area (Å²) in [6, 6.07) is 7.71. The standard InChI is InChI=1S/C14H18ClN3/c1-14(2,8-16)9-18-12-5-6-17-13-7-10(15)3-4-11(12)13/h3-7H,8-9,16H2,1-2H3,(H,17,18). The van der Waals surface area contributed by atoms with Gasteiger partial charge >= 0.3 is 0 Å². The van der Waals surface area contributed by atoms with Crippen molar-refractivity contribution in [2.75, 3.05) is 18.4 Å². The van der Waals surface area contributed by atoms with Gasteiger partial charge in [0.15, 0.2) is 0 Å². The Morgan fingerprint density at radius 2 is 2.11 bits per heavy atom. The molecular formula is C14H18ClN3. The molecule has 4 heteroatoms. The van der Waals surface area contributed by atoms with Crippen molar-refractivity contribution in [3.8, 4) is 0 Å². The number of hydrogen-bond donors (Lipinski definition) is 2. The molecule has 0 saturated carbocycles. The third kappa shape index (κ3) is 2.92. The molecule has 0 amide bonds. The number of rotatable bonds is 4. The number of aromatic nitrogens is 1. The Morgan fingerprint density at radius 1 is 1.33 bits per heavy atom. The summed E-state index contributed by atoms with van der Waals surface area (Å²) in [5.74, 6) is 0. The molecule has 1 aromatic carbocycles. The van der Waals surface area contributed by atoms with Crippen LogP contribution in [0.4, 0.5) is 5.69 Å². The zero-order chi connectivity index (χ0) is 13.2. The van der Waals surface area contributed by atoms with Crippen LogP contribution in [0.5, 0.6) is 0 Å². The minimum absolute atomic E-state index is 0.0714. The fraction of sp³-hybridized carbons (Fsp3) is 0.357. The van der Waals surface area contributed by atoms with Crippen molar-refractivity contribution in [1.29, 1.82) is 0 Å². The predicted molar refractivity (Wildman–Crippen MR) is 78.1 cm³/mol. The van der Waals surface area contributed by atoms with Crippen molar-refractivity contribution in [2.45, 2.75) is 13.8 Å². The van der Waals surface area contributed by atoms with Crippen LogP contribution in [0.3, 0.4) is 0 Å². The third-order valence-corrected chi connectivity index (χ3v) is 3.25. The van der Waals surface area contributed by atoms with Crippen LogP contribution in [0.25, 0.3) is 10.9 Å². The Morgan fingerprint density at radius 3 is 2.83 bits per heavy atom. The molecule has 1 heterocycles. The number of nitrogens with two attached hydrogens (primary N) is 1. The number of nitrogens with one attached hydrogen (secondary N) is 1. The molecule has 3 N–H and O–H groups in total. The molecule has 3 nitrogen and oxygen atoms in total. The quantitative estimate of drug-likeness (QED) is 0.890. The summed E-state index contributed by atoms with van der Waals surface area (Å²) in [4.78, 5) is 4.32. The van der Waals surface area contributed by atoms with Crippen molar-refractivity contribution in [2.24, 2.45) is 11.1 Å². The zero-order valence-corrected chi connectivity index (χ0v) is 11.5. The van der Waals surface area contributed by atoms with E-state index in [0.717, 1.165) is 23.1 Å². The van der Waals surface area contributed by atoms with Gasteiger partial charge in [-0.05, 0) is 36.2 Å². The van der Waals surface area contributed by atoms with E-state index in [-0.39, 0.29) is 5.41 Å². The molecule has 2 aromatic rings. The van der Waals surface area contributed by atoms with E-state index in [1.807, 2.05) is 24.3 Å². The molecular weight excluding hydrogens is 246 g/mol. The van der Waals surface area contributed by atoms with Crippen LogP contribution in [0, 0.1) is 5.41 Å². The van der Waals surface area contributed by atoms with Gasteiger partial charge in [-0.1, -0.05) is 25.4 Å². The van der Waals surface area contributed by atoms with Crippen LogP contribution in [0.1, 0.15) is 13.8 Å². The fourth-order valence-corrected chi connectivity index (χ4v) is 1.85. The number of benzene rings is 1. The van der Waals surface area contributed by atoms with Gasteiger partial charge in [0.25, 0.3) is 0 Å². The minimum Gasteiger partial charge on any atom is -0.384 e. The van der Waals surface area contributed by atoms with Gasteiger partial charge in [0, 0.05) is 28.8 Å². The molecule has 2 rings (SSSR count).